The van der Waals surface area contributed by atoms with Crippen LogP contribution in [0, 0.1) is 3.57 Å². The second-order valence-electron chi connectivity index (χ2n) is 6.37. The number of phenols is 1. The number of imidazole rings is 1. The molecule has 0 amide bonds. The van der Waals surface area contributed by atoms with Crippen LogP contribution in [0.15, 0.2) is 30.9 Å². The van der Waals surface area contributed by atoms with Crippen LogP contribution in [0.25, 0.3) is 11.2 Å². The fourth-order valence-corrected chi connectivity index (χ4v) is 3.85. The Morgan fingerprint density at radius 1 is 1.18 bits per heavy atom. The third-order valence-electron chi connectivity index (χ3n) is 4.68. The summed E-state index contributed by atoms with van der Waals surface area (Å²) in [5, 5.41) is 42.7. The van der Waals surface area contributed by atoms with Crippen LogP contribution in [-0.2, 0) is 11.3 Å². The molecule has 0 spiro atoms. The summed E-state index contributed by atoms with van der Waals surface area (Å²) in [6, 6.07) is 5.28. The van der Waals surface area contributed by atoms with Gasteiger partial charge in [-0.05, 0) is 34.7 Å². The molecule has 1 fully saturated rings. The normalized spacial score (nSPS) is 24.7. The number of nitrogens with zero attached hydrogens (tertiary/aromatic N) is 4. The Morgan fingerprint density at radius 2 is 2.00 bits per heavy atom. The van der Waals surface area contributed by atoms with Crippen molar-refractivity contribution in [3.8, 4) is 5.75 Å². The maximum Gasteiger partial charge on any atom is 0.167 e. The van der Waals surface area contributed by atoms with Gasteiger partial charge in [0.1, 0.15) is 30.4 Å². The molecule has 28 heavy (non-hydrogen) atoms. The van der Waals surface area contributed by atoms with Crippen molar-refractivity contribution in [2.24, 2.45) is 0 Å². The van der Waals surface area contributed by atoms with Crippen molar-refractivity contribution in [2.75, 3.05) is 11.9 Å². The van der Waals surface area contributed by atoms with Gasteiger partial charge in [0.05, 0.1) is 12.9 Å². The number of fused-ring (bicyclic) bond motifs is 1. The number of aliphatic hydroxyl groups excluding tert-OH is 3. The van der Waals surface area contributed by atoms with Gasteiger partial charge in [-0.3, -0.25) is 4.57 Å². The van der Waals surface area contributed by atoms with Gasteiger partial charge in [0.25, 0.3) is 0 Å². The predicted molar refractivity (Wildman–Crippen MR) is 106 cm³/mol. The second kappa shape index (κ2) is 7.75. The van der Waals surface area contributed by atoms with Gasteiger partial charge >= 0.3 is 0 Å². The lowest BCUT2D eigenvalue weighted by Gasteiger charge is -2.16. The standard InChI is InChI=1S/C17H18IN5O5/c18-9-2-1-3-10(25)8(9)4-19-15-12-16(21-6-20-15)23(7-22-12)17-14(27)13(26)11(5-24)28-17/h1-3,6-7,11,13-14,17,24-27H,4-5H2,(H,19,20,21)/t11-,13-,14-,17-/m1/s1. The molecule has 3 aromatic rings. The molecule has 0 radical (unpaired) electrons. The van der Waals surface area contributed by atoms with Gasteiger partial charge in [0.2, 0.25) is 0 Å². The Balaban J connectivity index is 1.62. The van der Waals surface area contributed by atoms with Crippen molar-refractivity contribution < 1.29 is 25.2 Å². The molecule has 0 aliphatic carbocycles. The molecular weight excluding hydrogens is 481 g/mol. The summed E-state index contributed by atoms with van der Waals surface area (Å²) in [5.74, 6) is 0.635. The molecule has 1 aliphatic rings. The number of halogens is 1. The van der Waals surface area contributed by atoms with Gasteiger partial charge in [0, 0.05) is 15.7 Å². The first-order chi connectivity index (χ1) is 13.5. The second-order valence-corrected chi connectivity index (χ2v) is 7.53. The van der Waals surface area contributed by atoms with Crippen LogP contribution in [0.5, 0.6) is 5.75 Å². The van der Waals surface area contributed by atoms with E-state index in [1.165, 1.54) is 17.2 Å². The minimum Gasteiger partial charge on any atom is -0.508 e. The maximum atomic E-state index is 10.3. The van der Waals surface area contributed by atoms with Crippen molar-refractivity contribution in [3.05, 3.63) is 40.0 Å². The van der Waals surface area contributed by atoms with E-state index in [-0.39, 0.29) is 5.75 Å². The van der Waals surface area contributed by atoms with Gasteiger partial charge in [-0.25, -0.2) is 15.0 Å². The number of anilines is 1. The summed E-state index contributed by atoms with van der Waals surface area (Å²) < 4.78 is 7.95. The van der Waals surface area contributed by atoms with Crippen LogP contribution < -0.4 is 5.32 Å². The number of aromatic hydroxyl groups is 1. The predicted octanol–water partition coefficient (Wildman–Crippen LogP) is 0.360. The van der Waals surface area contributed by atoms with Gasteiger partial charge < -0.3 is 30.5 Å². The topological polar surface area (TPSA) is 146 Å². The molecule has 148 valence electrons. The molecule has 1 aliphatic heterocycles. The lowest BCUT2D eigenvalue weighted by atomic mass is 10.1. The minimum absolute atomic E-state index is 0.182. The van der Waals surface area contributed by atoms with E-state index in [2.05, 4.69) is 42.9 Å². The number of nitrogens with one attached hydrogen (secondary N) is 1. The van der Waals surface area contributed by atoms with Gasteiger partial charge in [-0.15, -0.1) is 0 Å². The van der Waals surface area contributed by atoms with Crippen LogP contribution in [0.2, 0.25) is 0 Å². The Hall–Kier alpha value is -2.06. The molecule has 0 unspecified atom stereocenters. The van der Waals surface area contributed by atoms with Gasteiger partial charge in [-0.2, -0.15) is 0 Å². The molecule has 3 heterocycles. The fourth-order valence-electron chi connectivity index (χ4n) is 3.17. The summed E-state index contributed by atoms with van der Waals surface area (Å²) >= 11 is 2.15. The van der Waals surface area contributed by atoms with E-state index in [0.717, 1.165) is 9.13 Å². The fraction of sp³-hybridized carbons (Fsp3) is 0.353. The summed E-state index contributed by atoms with van der Waals surface area (Å²) in [5.41, 5.74) is 1.59. The van der Waals surface area contributed by atoms with Crippen molar-refractivity contribution in [1.29, 1.82) is 0 Å². The van der Waals surface area contributed by atoms with Gasteiger partial charge in [0.15, 0.2) is 23.2 Å². The molecule has 0 saturated carbocycles. The molecule has 4 atom stereocenters. The zero-order valence-corrected chi connectivity index (χ0v) is 16.6. The van der Waals surface area contributed by atoms with Gasteiger partial charge in [-0.1, -0.05) is 6.07 Å². The highest BCUT2D eigenvalue weighted by molar-refractivity contribution is 14.1. The molecule has 1 aromatic carbocycles. The molecule has 10 nitrogen and oxygen atoms in total. The Morgan fingerprint density at radius 3 is 2.71 bits per heavy atom. The number of phenolic OH excluding ortho intramolecular Hbond substituents is 1. The zero-order chi connectivity index (χ0) is 19.8. The monoisotopic (exact) mass is 499 g/mol. The van der Waals surface area contributed by atoms with E-state index < -0.39 is 31.1 Å². The van der Waals surface area contributed by atoms with Crippen molar-refractivity contribution in [1.82, 2.24) is 19.5 Å². The highest BCUT2D eigenvalue weighted by atomic mass is 127. The number of aliphatic hydroxyl groups is 3. The number of rotatable bonds is 5. The molecule has 1 saturated heterocycles. The summed E-state index contributed by atoms with van der Waals surface area (Å²) in [7, 11) is 0. The van der Waals surface area contributed by atoms with E-state index in [9.17, 15) is 20.4 Å². The van der Waals surface area contributed by atoms with E-state index in [1.807, 2.05) is 6.07 Å². The molecular formula is C17H18IN5O5. The molecule has 5 N–H and O–H groups in total. The number of hydrogen-bond acceptors (Lipinski definition) is 9. The Bertz CT molecular complexity index is 979. The summed E-state index contributed by atoms with van der Waals surface area (Å²) in [6.45, 7) is -0.0832. The minimum atomic E-state index is -1.23. The van der Waals surface area contributed by atoms with Crippen molar-refractivity contribution in [3.63, 3.8) is 0 Å². The smallest absolute Gasteiger partial charge is 0.167 e. The summed E-state index contributed by atoms with van der Waals surface area (Å²) in [6.07, 6.45) is -1.48. The quantitative estimate of drug-likeness (QED) is 0.314. The zero-order valence-electron chi connectivity index (χ0n) is 14.5. The van der Waals surface area contributed by atoms with Crippen LogP contribution in [0.4, 0.5) is 5.82 Å². The van der Waals surface area contributed by atoms with Crippen LogP contribution in [-0.4, -0.2) is 64.9 Å². The van der Waals surface area contributed by atoms with Crippen molar-refractivity contribution in [2.45, 2.75) is 31.1 Å². The lowest BCUT2D eigenvalue weighted by molar-refractivity contribution is -0.0511. The number of benzene rings is 1. The molecule has 11 heteroatoms. The highest BCUT2D eigenvalue weighted by Gasteiger charge is 2.44. The van der Waals surface area contributed by atoms with Crippen LogP contribution in [0.1, 0.15) is 11.8 Å². The van der Waals surface area contributed by atoms with E-state index in [4.69, 9.17) is 4.74 Å². The van der Waals surface area contributed by atoms with E-state index in [0.29, 0.717) is 23.5 Å². The first kappa shape index (κ1) is 19.3. The Kier molecular flexibility index (Phi) is 5.33. The maximum absolute atomic E-state index is 10.3. The van der Waals surface area contributed by atoms with Crippen LogP contribution >= 0.6 is 22.6 Å². The summed E-state index contributed by atoms with van der Waals surface area (Å²) in [4.78, 5) is 12.7. The highest BCUT2D eigenvalue weighted by Crippen LogP contribution is 2.32. The Labute approximate surface area is 173 Å². The lowest BCUT2D eigenvalue weighted by Crippen LogP contribution is -2.33. The van der Waals surface area contributed by atoms with E-state index >= 15 is 0 Å². The van der Waals surface area contributed by atoms with Crippen LogP contribution in [0.3, 0.4) is 0 Å². The number of aromatic nitrogens is 4. The number of ether oxygens (including phenoxy) is 1. The third kappa shape index (κ3) is 3.28. The average Bonchev–Trinajstić information content (AvgIpc) is 3.23. The first-order valence-electron chi connectivity index (χ1n) is 8.51. The van der Waals surface area contributed by atoms with Crippen molar-refractivity contribution >= 4 is 39.6 Å². The molecule has 0 bridgehead atoms. The SMILES string of the molecule is OC[C@H]1O[C@@H](n2cnc3c(NCc4c(O)cccc4I)ncnc32)[C@H](O)[C@@H]1O. The molecule has 2 aromatic heterocycles. The average molecular weight is 499 g/mol. The number of hydrogen-bond donors (Lipinski definition) is 5. The molecule has 4 rings (SSSR count). The first-order valence-corrected chi connectivity index (χ1v) is 9.59. The third-order valence-corrected chi connectivity index (χ3v) is 5.69. The van der Waals surface area contributed by atoms with E-state index in [1.54, 1.807) is 12.1 Å². The largest absolute Gasteiger partial charge is 0.508 e.